The van der Waals surface area contributed by atoms with Crippen molar-refractivity contribution in [2.75, 3.05) is 19.6 Å². The molecule has 1 heterocycles. The molecule has 1 aliphatic heterocycles. The highest BCUT2D eigenvalue weighted by atomic mass is 32.3. The molecule has 0 aromatic heterocycles. The second-order valence-corrected chi connectivity index (χ2v) is 19.1. The van der Waals surface area contributed by atoms with E-state index in [2.05, 4.69) is 24.6 Å². The van der Waals surface area contributed by atoms with Gasteiger partial charge in [0.15, 0.2) is 26.6 Å². The van der Waals surface area contributed by atoms with E-state index in [1.54, 1.807) is 0 Å². The number of hydrogen-bond acceptors (Lipinski definition) is 6. The molecule has 3 atom stereocenters. The van der Waals surface area contributed by atoms with Crippen LogP contribution in [0.25, 0.3) is 0 Å². The van der Waals surface area contributed by atoms with E-state index in [1.165, 1.54) is 19.1 Å². The second-order valence-electron chi connectivity index (χ2n) is 9.64. The monoisotopic (exact) mass is 506 g/mol. The molecule has 32 heavy (non-hydrogen) atoms. The van der Waals surface area contributed by atoms with Crippen LogP contribution in [0.1, 0.15) is 18.9 Å². The zero-order valence-electron chi connectivity index (χ0n) is 18.7. The predicted octanol–water partition coefficient (Wildman–Crippen LogP) is 4.34. The number of hydrogen-bond donors (Lipinski definition) is 1. The van der Waals surface area contributed by atoms with E-state index in [0.717, 1.165) is 35.0 Å². The van der Waals surface area contributed by atoms with Crippen LogP contribution in [0.15, 0.2) is 23.2 Å². The molecule has 0 bridgehead atoms. The number of rotatable bonds is 7. The first-order valence-electron chi connectivity index (χ1n) is 10.1. The molecule has 0 unspecified atom stereocenters. The number of amides is 1. The van der Waals surface area contributed by atoms with E-state index in [4.69, 9.17) is 4.74 Å². The minimum Gasteiger partial charge on any atom is -0.465 e. The highest BCUT2D eigenvalue weighted by Gasteiger charge is 2.72. The van der Waals surface area contributed by atoms with Gasteiger partial charge in [-0.15, -0.1) is 0 Å². The van der Waals surface area contributed by atoms with Gasteiger partial charge in [-0.25, -0.2) is 26.9 Å². The standard InChI is InChI=1S/C20H28F2N2O5S2Si/c1-19(13-7-6-8-14(21)16(13)22)15-11-20(15,31(2,27)28)30-17(23-19)24(18(25)26)12-29-9-10-32(3,4)5/h6-8,15H,9-12H2,1-5H3,(H,25,26)/t15-,19+,20+/m0/s1. The lowest BCUT2D eigenvalue weighted by Crippen LogP contribution is -2.45. The SMILES string of the molecule is C[C@]1(c2cccc(F)c2F)N=C(N(COCC[Si](C)(C)C)C(=O)O)S[C@@]2(S(C)(=O)=O)C[C@H]21. The van der Waals surface area contributed by atoms with Gasteiger partial charge in [0.05, 0.1) is 5.54 Å². The number of halogens is 2. The van der Waals surface area contributed by atoms with Crippen molar-refractivity contribution in [3.8, 4) is 0 Å². The van der Waals surface area contributed by atoms with E-state index < -0.39 is 51.2 Å². The van der Waals surface area contributed by atoms with Gasteiger partial charge in [0.25, 0.3) is 0 Å². The number of ether oxygens (including phenoxy) is 1. The molecular weight excluding hydrogens is 478 g/mol. The minimum atomic E-state index is -3.68. The van der Waals surface area contributed by atoms with Gasteiger partial charge >= 0.3 is 6.09 Å². The largest absolute Gasteiger partial charge is 0.465 e. The Morgan fingerprint density at radius 3 is 2.59 bits per heavy atom. The smallest absolute Gasteiger partial charge is 0.415 e. The summed E-state index contributed by atoms with van der Waals surface area (Å²) < 4.78 is 58.3. The van der Waals surface area contributed by atoms with Crippen LogP contribution in [0, 0.1) is 17.6 Å². The number of sulfone groups is 1. The molecule has 7 nitrogen and oxygen atoms in total. The maximum absolute atomic E-state index is 14.7. The molecule has 1 amide bonds. The highest BCUT2D eigenvalue weighted by molar-refractivity contribution is 8.24. The lowest BCUT2D eigenvalue weighted by Gasteiger charge is -2.36. The zero-order valence-corrected chi connectivity index (χ0v) is 21.3. The van der Waals surface area contributed by atoms with Crippen LogP contribution in [0.2, 0.25) is 25.7 Å². The van der Waals surface area contributed by atoms with Crippen molar-refractivity contribution in [2.45, 2.75) is 48.6 Å². The molecule has 0 spiro atoms. The molecular formula is C20H28F2N2O5S2Si. The van der Waals surface area contributed by atoms with Crippen molar-refractivity contribution in [2.24, 2.45) is 10.9 Å². The molecule has 3 rings (SSSR count). The fraction of sp³-hybridized carbons (Fsp3) is 0.600. The molecule has 1 aromatic carbocycles. The molecule has 0 radical (unpaired) electrons. The van der Waals surface area contributed by atoms with Crippen LogP contribution in [-0.4, -0.2) is 61.4 Å². The number of carbonyl (C=O) groups is 1. The Balaban J connectivity index is 2.01. The Hall–Kier alpha value is -1.50. The average molecular weight is 507 g/mol. The van der Waals surface area contributed by atoms with E-state index in [0.29, 0.717) is 6.61 Å². The summed E-state index contributed by atoms with van der Waals surface area (Å²) in [7, 11) is -5.08. The molecule has 1 aromatic rings. The lowest BCUT2D eigenvalue weighted by molar-refractivity contribution is 0.0702. The quantitative estimate of drug-likeness (QED) is 0.336. The maximum Gasteiger partial charge on any atom is 0.415 e. The van der Waals surface area contributed by atoms with Gasteiger partial charge in [0.1, 0.15) is 10.8 Å². The Bertz CT molecular complexity index is 1060. The molecule has 1 aliphatic carbocycles. The van der Waals surface area contributed by atoms with E-state index >= 15 is 0 Å². The fourth-order valence-corrected chi connectivity index (χ4v) is 8.10. The topological polar surface area (TPSA) is 96.3 Å². The third kappa shape index (κ3) is 4.59. The lowest BCUT2D eigenvalue weighted by atomic mass is 9.87. The van der Waals surface area contributed by atoms with Crippen molar-refractivity contribution >= 4 is 40.9 Å². The van der Waals surface area contributed by atoms with Crippen molar-refractivity contribution in [1.82, 2.24) is 4.90 Å². The van der Waals surface area contributed by atoms with Crippen LogP contribution < -0.4 is 0 Å². The molecule has 2 aliphatic rings. The zero-order chi connectivity index (χ0) is 24.1. The van der Waals surface area contributed by atoms with Crippen molar-refractivity contribution in [1.29, 1.82) is 0 Å². The maximum atomic E-state index is 14.7. The van der Waals surface area contributed by atoms with Crippen molar-refractivity contribution in [3.63, 3.8) is 0 Å². The summed E-state index contributed by atoms with van der Waals surface area (Å²) >= 11 is 0.841. The average Bonchev–Trinajstić information content (AvgIpc) is 3.40. The van der Waals surface area contributed by atoms with Crippen LogP contribution in [0.5, 0.6) is 0 Å². The van der Waals surface area contributed by atoms with Gasteiger partial charge in [-0.2, -0.15) is 0 Å². The summed E-state index contributed by atoms with van der Waals surface area (Å²) in [5.74, 6) is -2.82. The summed E-state index contributed by atoms with van der Waals surface area (Å²) in [6.45, 7) is 8.02. The van der Waals surface area contributed by atoms with Crippen molar-refractivity contribution < 1.29 is 31.8 Å². The van der Waals surface area contributed by atoms with E-state index in [9.17, 15) is 27.1 Å². The summed E-state index contributed by atoms with van der Waals surface area (Å²) in [5.41, 5.74) is -1.56. The van der Waals surface area contributed by atoms with Gasteiger partial charge in [-0.1, -0.05) is 43.5 Å². The summed E-state index contributed by atoms with van der Waals surface area (Å²) in [5, 5.41) is 9.69. The number of benzene rings is 1. The highest BCUT2D eigenvalue weighted by Crippen LogP contribution is 2.68. The van der Waals surface area contributed by atoms with E-state index in [-0.39, 0.29) is 23.9 Å². The third-order valence-electron chi connectivity index (χ3n) is 5.93. The van der Waals surface area contributed by atoms with Gasteiger partial charge in [0.2, 0.25) is 0 Å². The molecule has 1 saturated carbocycles. The Labute approximate surface area is 192 Å². The fourth-order valence-electron chi connectivity index (χ4n) is 3.89. The predicted molar refractivity (Wildman–Crippen MR) is 123 cm³/mol. The van der Waals surface area contributed by atoms with Crippen LogP contribution >= 0.6 is 11.8 Å². The third-order valence-corrected chi connectivity index (χ3v) is 11.8. The van der Waals surface area contributed by atoms with Crippen LogP contribution in [0.3, 0.4) is 0 Å². The number of carboxylic acid groups (broad SMARTS) is 1. The minimum absolute atomic E-state index is 0.101. The normalized spacial score (nSPS) is 27.5. The van der Waals surface area contributed by atoms with Gasteiger partial charge < -0.3 is 9.84 Å². The molecule has 178 valence electrons. The van der Waals surface area contributed by atoms with Gasteiger partial charge in [-0.05, 0) is 25.5 Å². The van der Waals surface area contributed by atoms with Gasteiger partial charge in [-0.3, -0.25) is 4.99 Å². The number of nitrogens with zero attached hydrogens (tertiary/aromatic N) is 2. The molecule has 0 saturated heterocycles. The summed E-state index contributed by atoms with van der Waals surface area (Å²) in [4.78, 5) is 17.3. The molecule has 1 fully saturated rings. The number of fused-ring (bicyclic) bond motifs is 1. The first-order chi connectivity index (χ1) is 14.6. The molecule has 12 heteroatoms. The Kier molecular flexibility index (Phi) is 6.57. The van der Waals surface area contributed by atoms with Crippen molar-refractivity contribution in [3.05, 3.63) is 35.4 Å². The van der Waals surface area contributed by atoms with Crippen LogP contribution in [-0.2, 0) is 20.1 Å². The van der Waals surface area contributed by atoms with E-state index in [1.807, 2.05) is 0 Å². The number of amidine groups is 1. The summed E-state index contributed by atoms with van der Waals surface area (Å²) in [6.07, 6.45) is -0.144. The summed E-state index contributed by atoms with van der Waals surface area (Å²) in [6, 6.07) is 4.48. The van der Waals surface area contributed by atoms with Crippen LogP contribution in [0.4, 0.5) is 13.6 Å². The second kappa shape index (κ2) is 8.37. The number of thioether (sulfide) groups is 1. The Morgan fingerprint density at radius 2 is 2.03 bits per heavy atom. The van der Waals surface area contributed by atoms with Gasteiger partial charge in [0, 0.05) is 32.4 Å². The number of aliphatic imine (C=N–C) groups is 1. The first-order valence-corrected chi connectivity index (χ1v) is 16.5. The molecule has 1 N–H and O–H groups in total. The Morgan fingerprint density at radius 1 is 1.38 bits per heavy atom. The first kappa shape index (κ1) is 25.1.